The van der Waals surface area contributed by atoms with Crippen LogP contribution in [0.25, 0.3) is 0 Å². The van der Waals surface area contributed by atoms with Gasteiger partial charge in [-0.2, -0.15) is 0 Å². The summed E-state index contributed by atoms with van der Waals surface area (Å²) in [6.45, 7) is 2.69. The first-order chi connectivity index (χ1) is 7.65. The first-order valence-electron chi connectivity index (χ1n) is 5.39. The second kappa shape index (κ2) is 6.30. The molecule has 0 spiro atoms. The van der Waals surface area contributed by atoms with Crippen molar-refractivity contribution in [2.75, 3.05) is 6.54 Å². The highest BCUT2D eigenvalue weighted by atomic mass is 16.4. The zero-order valence-corrected chi connectivity index (χ0v) is 9.31. The van der Waals surface area contributed by atoms with E-state index in [1.54, 1.807) is 18.2 Å². The Bertz CT molecular complexity index is 355. The summed E-state index contributed by atoms with van der Waals surface area (Å²) in [4.78, 5) is 11.6. The number of nitrogens with one attached hydrogen (secondary N) is 1. The number of rotatable bonds is 5. The maximum Gasteiger partial charge on any atom is 0.488 e. The van der Waals surface area contributed by atoms with E-state index in [1.807, 2.05) is 0 Å². The molecule has 0 bridgehead atoms. The average molecular weight is 221 g/mol. The SMILES string of the molecule is CCCCNC(=O)c1cccc(B(O)O)c1. The van der Waals surface area contributed by atoms with Crippen LogP contribution in [0.15, 0.2) is 24.3 Å². The van der Waals surface area contributed by atoms with E-state index in [0.29, 0.717) is 17.6 Å². The third kappa shape index (κ3) is 3.68. The standard InChI is InChI=1S/C11H16BNO3/c1-2-3-7-13-11(14)9-5-4-6-10(8-9)12(15)16/h4-6,8,15-16H,2-3,7H2,1H3,(H,13,14). The fraction of sp³-hybridized carbons (Fsp3) is 0.364. The molecule has 0 aliphatic rings. The highest BCUT2D eigenvalue weighted by Gasteiger charge is 2.13. The molecule has 0 atom stereocenters. The lowest BCUT2D eigenvalue weighted by Crippen LogP contribution is -2.32. The van der Waals surface area contributed by atoms with Crippen molar-refractivity contribution in [3.05, 3.63) is 29.8 Å². The van der Waals surface area contributed by atoms with E-state index in [0.717, 1.165) is 12.8 Å². The topological polar surface area (TPSA) is 69.6 Å². The van der Waals surface area contributed by atoms with Crippen molar-refractivity contribution in [3.8, 4) is 0 Å². The number of amides is 1. The average Bonchev–Trinajstić information content (AvgIpc) is 2.29. The molecule has 0 aliphatic carbocycles. The molecule has 86 valence electrons. The molecule has 3 N–H and O–H groups in total. The predicted octanol–water partition coefficient (Wildman–Crippen LogP) is -0.104. The number of unbranched alkanes of at least 4 members (excludes halogenated alkanes) is 1. The summed E-state index contributed by atoms with van der Waals surface area (Å²) in [6.07, 6.45) is 1.96. The molecular formula is C11H16BNO3. The molecule has 0 saturated carbocycles. The molecule has 0 aromatic heterocycles. The van der Waals surface area contributed by atoms with Gasteiger partial charge in [0.15, 0.2) is 0 Å². The summed E-state index contributed by atoms with van der Waals surface area (Å²) in [5.41, 5.74) is 0.768. The molecule has 0 heterocycles. The summed E-state index contributed by atoms with van der Waals surface area (Å²) in [5, 5.41) is 20.7. The van der Waals surface area contributed by atoms with Gasteiger partial charge < -0.3 is 15.4 Å². The summed E-state index contributed by atoms with van der Waals surface area (Å²) in [5.74, 6) is -0.184. The molecule has 4 nitrogen and oxygen atoms in total. The van der Waals surface area contributed by atoms with E-state index < -0.39 is 7.12 Å². The molecule has 5 heteroatoms. The Morgan fingerprint density at radius 1 is 1.44 bits per heavy atom. The maximum absolute atomic E-state index is 11.6. The smallest absolute Gasteiger partial charge is 0.423 e. The molecule has 0 radical (unpaired) electrons. The van der Waals surface area contributed by atoms with Gasteiger partial charge in [0.25, 0.3) is 5.91 Å². The molecular weight excluding hydrogens is 205 g/mol. The van der Waals surface area contributed by atoms with E-state index in [2.05, 4.69) is 12.2 Å². The molecule has 0 aliphatic heterocycles. The molecule has 1 aromatic rings. The first-order valence-corrected chi connectivity index (χ1v) is 5.39. The Hall–Kier alpha value is -1.33. The van der Waals surface area contributed by atoms with Crippen LogP contribution in [0.2, 0.25) is 0 Å². The van der Waals surface area contributed by atoms with Gasteiger partial charge in [-0.05, 0) is 24.0 Å². The van der Waals surface area contributed by atoms with E-state index in [9.17, 15) is 4.79 Å². The third-order valence-electron chi connectivity index (χ3n) is 2.26. The van der Waals surface area contributed by atoms with Gasteiger partial charge in [-0.25, -0.2) is 0 Å². The zero-order valence-electron chi connectivity index (χ0n) is 9.31. The van der Waals surface area contributed by atoms with Crippen LogP contribution < -0.4 is 10.8 Å². The number of benzene rings is 1. The Labute approximate surface area is 95.4 Å². The van der Waals surface area contributed by atoms with Crippen molar-refractivity contribution in [3.63, 3.8) is 0 Å². The van der Waals surface area contributed by atoms with Crippen LogP contribution in [-0.2, 0) is 0 Å². The minimum absolute atomic E-state index is 0.184. The van der Waals surface area contributed by atoms with E-state index in [4.69, 9.17) is 10.0 Å². The molecule has 1 aromatic carbocycles. The Balaban J connectivity index is 2.64. The van der Waals surface area contributed by atoms with Crippen molar-refractivity contribution in [1.82, 2.24) is 5.32 Å². The lowest BCUT2D eigenvalue weighted by Gasteiger charge is -2.05. The highest BCUT2D eigenvalue weighted by Crippen LogP contribution is 1.97. The fourth-order valence-corrected chi connectivity index (χ4v) is 1.32. The molecule has 0 fully saturated rings. The number of hydrogen-bond donors (Lipinski definition) is 3. The van der Waals surface area contributed by atoms with Crippen molar-refractivity contribution in [2.24, 2.45) is 0 Å². The van der Waals surface area contributed by atoms with Crippen LogP contribution in [-0.4, -0.2) is 29.6 Å². The quantitative estimate of drug-likeness (QED) is 0.480. The second-order valence-corrected chi connectivity index (χ2v) is 3.61. The Morgan fingerprint density at radius 3 is 2.81 bits per heavy atom. The molecule has 16 heavy (non-hydrogen) atoms. The minimum Gasteiger partial charge on any atom is -0.423 e. The maximum atomic E-state index is 11.6. The number of hydrogen-bond acceptors (Lipinski definition) is 3. The van der Waals surface area contributed by atoms with Gasteiger partial charge in [0, 0.05) is 12.1 Å². The Morgan fingerprint density at radius 2 is 2.19 bits per heavy atom. The van der Waals surface area contributed by atoms with Crippen LogP contribution >= 0.6 is 0 Å². The summed E-state index contributed by atoms with van der Waals surface area (Å²) >= 11 is 0. The van der Waals surface area contributed by atoms with Gasteiger partial charge in [-0.15, -0.1) is 0 Å². The van der Waals surface area contributed by atoms with Crippen LogP contribution in [0, 0.1) is 0 Å². The first kappa shape index (κ1) is 12.7. The number of carbonyl (C=O) groups excluding carboxylic acids is 1. The highest BCUT2D eigenvalue weighted by molar-refractivity contribution is 6.58. The van der Waals surface area contributed by atoms with Gasteiger partial charge >= 0.3 is 7.12 Å². The Kier molecular flexibility index (Phi) is 5.02. The van der Waals surface area contributed by atoms with Gasteiger partial charge in [0.1, 0.15) is 0 Å². The van der Waals surface area contributed by atoms with Crippen molar-refractivity contribution in [1.29, 1.82) is 0 Å². The van der Waals surface area contributed by atoms with Gasteiger partial charge in [-0.3, -0.25) is 4.79 Å². The lowest BCUT2D eigenvalue weighted by atomic mass is 9.79. The number of carbonyl (C=O) groups is 1. The lowest BCUT2D eigenvalue weighted by molar-refractivity contribution is 0.0953. The van der Waals surface area contributed by atoms with Crippen molar-refractivity contribution < 1.29 is 14.8 Å². The zero-order chi connectivity index (χ0) is 12.0. The molecule has 0 saturated heterocycles. The van der Waals surface area contributed by atoms with Crippen LogP contribution in [0.5, 0.6) is 0 Å². The summed E-state index contributed by atoms with van der Waals surface area (Å²) < 4.78 is 0. The molecule has 0 unspecified atom stereocenters. The normalized spacial score (nSPS) is 9.94. The van der Waals surface area contributed by atoms with Crippen LogP contribution in [0.1, 0.15) is 30.1 Å². The van der Waals surface area contributed by atoms with Gasteiger partial charge in [0.05, 0.1) is 0 Å². The fourth-order valence-electron chi connectivity index (χ4n) is 1.32. The van der Waals surface area contributed by atoms with Gasteiger partial charge in [0.2, 0.25) is 0 Å². The van der Waals surface area contributed by atoms with Crippen LogP contribution in [0.4, 0.5) is 0 Å². The van der Waals surface area contributed by atoms with Crippen LogP contribution in [0.3, 0.4) is 0 Å². The van der Waals surface area contributed by atoms with Gasteiger partial charge in [-0.1, -0.05) is 25.5 Å². The van der Waals surface area contributed by atoms with E-state index in [-0.39, 0.29) is 5.91 Å². The minimum atomic E-state index is -1.54. The predicted molar refractivity (Wildman–Crippen MR) is 63.5 cm³/mol. The van der Waals surface area contributed by atoms with Crippen molar-refractivity contribution >= 4 is 18.5 Å². The summed E-state index contributed by atoms with van der Waals surface area (Å²) in [7, 11) is -1.54. The van der Waals surface area contributed by atoms with Crippen molar-refractivity contribution in [2.45, 2.75) is 19.8 Å². The monoisotopic (exact) mass is 221 g/mol. The molecule has 1 rings (SSSR count). The molecule has 1 amide bonds. The second-order valence-electron chi connectivity index (χ2n) is 3.61. The largest absolute Gasteiger partial charge is 0.488 e. The summed E-state index contributed by atoms with van der Waals surface area (Å²) in [6, 6.07) is 6.32. The van der Waals surface area contributed by atoms with E-state index in [1.165, 1.54) is 6.07 Å². The third-order valence-corrected chi connectivity index (χ3v) is 2.26. The van der Waals surface area contributed by atoms with E-state index >= 15 is 0 Å².